The van der Waals surface area contributed by atoms with Gasteiger partial charge in [-0.2, -0.15) is 0 Å². The predicted molar refractivity (Wildman–Crippen MR) is 97.8 cm³/mol. The van der Waals surface area contributed by atoms with Gasteiger partial charge in [0.1, 0.15) is 5.82 Å². The molecule has 0 aromatic carbocycles. The van der Waals surface area contributed by atoms with Crippen molar-refractivity contribution in [2.75, 3.05) is 31.6 Å². The third kappa shape index (κ3) is 3.47. The smallest absolute Gasteiger partial charge is 0.126 e. The summed E-state index contributed by atoms with van der Waals surface area (Å²) in [6, 6.07) is 3.59. The van der Waals surface area contributed by atoms with E-state index < -0.39 is 12.1 Å². The van der Waals surface area contributed by atoms with E-state index in [9.17, 15) is 5.11 Å². The van der Waals surface area contributed by atoms with Crippen molar-refractivity contribution in [3.05, 3.63) is 30.2 Å². The van der Waals surface area contributed by atoms with Crippen molar-refractivity contribution < 1.29 is 11.2 Å². The lowest BCUT2D eigenvalue weighted by molar-refractivity contribution is -0.0135. The lowest BCUT2D eigenvalue weighted by Gasteiger charge is -2.30. The number of nitrogens with zero attached hydrogens (tertiary/aromatic N) is 2. The first-order chi connectivity index (χ1) is 12.5. The molecular formula is C19H26N4O2. The highest BCUT2D eigenvalue weighted by atomic mass is 16.5. The highest BCUT2D eigenvalue weighted by molar-refractivity contribution is 5.86. The molecule has 4 rings (SSSR count). The van der Waals surface area contributed by atoms with E-state index in [-0.39, 0.29) is 6.61 Å². The van der Waals surface area contributed by atoms with Crippen LogP contribution in [0.2, 0.25) is 0 Å². The van der Waals surface area contributed by atoms with Crippen molar-refractivity contribution in [1.29, 1.82) is 0 Å². The maximum absolute atomic E-state index is 10.2. The third-order valence-corrected chi connectivity index (χ3v) is 5.34. The van der Waals surface area contributed by atoms with Crippen LogP contribution in [-0.2, 0) is 4.74 Å². The summed E-state index contributed by atoms with van der Waals surface area (Å²) < 4.78 is 13.3. The van der Waals surface area contributed by atoms with E-state index in [1.165, 1.54) is 0 Å². The minimum atomic E-state index is -1.64. The number of nitrogens with one attached hydrogen (secondary N) is 2. The van der Waals surface area contributed by atoms with Crippen molar-refractivity contribution in [1.82, 2.24) is 15.3 Å². The minimum absolute atomic E-state index is 0.0115. The molecule has 134 valence electrons. The Kier molecular flexibility index (Phi) is 4.48. The van der Waals surface area contributed by atoms with Crippen LogP contribution in [0.3, 0.4) is 0 Å². The molecule has 3 N–H and O–H groups in total. The maximum Gasteiger partial charge on any atom is 0.126 e. The van der Waals surface area contributed by atoms with Gasteiger partial charge in [-0.3, -0.25) is 4.98 Å². The third-order valence-electron chi connectivity index (χ3n) is 5.34. The number of ether oxygens (including phenoxy) is 1. The van der Waals surface area contributed by atoms with Crippen LogP contribution in [0.1, 0.15) is 32.7 Å². The number of aliphatic hydroxyl groups is 1. The normalized spacial score (nSPS) is 33.8. The van der Waals surface area contributed by atoms with Crippen LogP contribution in [0.5, 0.6) is 0 Å². The number of hydrogen-bond donors (Lipinski definition) is 3. The second-order valence-corrected chi connectivity index (χ2v) is 7.09. The average molecular weight is 343 g/mol. The number of hydrogen-bond acceptors (Lipinski definition) is 6. The van der Waals surface area contributed by atoms with Crippen molar-refractivity contribution in [2.45, 2.75) is 37.8 Å². The zero-order valence-electron chi connectivity index (χ0n) is 15.5. The summed E-state index contributed by atoms with van der Waals surface area (Å²) in [5.74, 6) is 1.62. The Labute approximate surface area is 149 Å². The van der Waals surface area contributed by atoms with Crippen LogP contribution in [0.15, 0.2) is 24.5 Å². The molecule has 0 saturated carbocycles. The van der Waals surface area contributed by atoms with Gasteiger partial charge in [-0.1, -0.05) is 6.92 Å². The van der Waals surface area contributed by atoms with E-state index in [1.807, 2.05) is 24.5 Å². The van der Waals surface area contributed by atoms with Crippen molar-refractivity contribution in [3.63, 3.8) is 0 Å². The minimum Gasteiger partial charge on any atom is -0.389 e. The molecule has 25 heavy (non-hydrogen) atoms. The van der Waals surface area contributed by atoms with E-state index in [2.05, 4.69) is 22.5 Å². The van der Waals surface area contributed by atoms with Gasteiger partial charge in [-0.25, -0.2) is 4.98 Å². The predicted octanol–water partition coefficient (Wildman–Crippen LogP) is 1.90. The fourth-order valence-electron chi connectivity index (χ4n) is 3.86. The molecule has 2 aromatic heterocycles. The lowest BCUT2D eigenvalue weighted by Crippen LogP contribution is -2.42. The number of rotatable bonds is 3. The van der Waals surface area contributed by atoms with Crippen LogP contribution in [0, 0.1) is 5.92 Å². The summed E-state index contributed by atoms with van der Waals surface area (Å²) in [7, 11) is 0. The molecule has 2 aliphatic rings. The molecule has 2 aliphatic heterocycles. The van der Waals surface area contributed by atoms with Gasteiger partial charge >= 0.3 is 0 Å². The van der Waals surface area contributed by atoms with Gasteiger partial charge in [0.2, 0.25) is 0 Å². The highest BCUT2D eigenvalue weighted by Gasteiger charge is 2.26. The Balaban J connectivity index is 1.66. The Morgan fingerprint density at radius 3 is 3.16 bits per heavy atom. The first-order valence-electron chi connectivity index (χ1n) is 9.56. The number of aromatic nitrogens is 2. The number of anilines is 1. The van der Waals surface area contributed by atoms with Gasteiger partial charge in [0.25, 0.3) is 0 Å². The van der Waals surface area contributed by atoms with E-state index in [4.69, 9.17) is 11.1 Å². The van der Waals surface area contributed by atoms with Crippen LogP contribution >= 0.6 is 0 Å². The molecule has 4 heterocycles. The van der Waals surface area contributed by atoms with Gasteiger partial charge in [-0.05, 0) is 44.0 Å². The summed E-state index contributed by atoms with van der Waals surface area (Å²) in [4.78, 5) is 9.19. The standard InChI is InChI=1S/C19H26N4O2/c1-12-9-20-5-3-14(12)19-15-8-18(22-10-13(15)2-6-21-19)23-16-4-7-25-11-17(16)24/h2,6,8,10,12,14,16-17,20,24H,3-5,7,9,11H2,1H3,(H,22,23)/t12-,14-,16-,17-/m1/s1/i17D. The lowest BCUT2D eigenvalue weighted by atomic mass is 9.83. The molecule has 0 aliphatic carbocycles. The Morgan fingerprint density at radius 2 is 2.32 bits per heavy atom. The van der Waals surface area contributed by atoms with Gasteiger partial charge in [0, 0.05) is 35.7 Å². The molecular weight excluding hydrogens is 316 g/mol. The Hall–Kier alpha value is -1.76. The van der Waals surface area contributed by atoms with Crippen LogP contribution in [0.4, 0.5) is 5.82 Å². The monoisotopic (exact) mass is 343 g/mol. The van der Waals surface area contributed by atoms with Crippen molar-refractivity contribution in [2.24, 2.45) is 5.92 Å². The molecule has 2 aromatic rings. The van der Waals surface area contributed by atoms with E-state index in [0.717, 1.165) is 36.0 Å². The van der Waals surface area contributed by atoms with Gasteiger partial charge < -0.3 is 20.5 Å². The second-order valence-electron chi connectivity index (χ2n) is 7.09. The van der Waals surface area contributed by atoms with Gasteiger partial charge in [0.05, 0.1) is 25.8 Å². The topological polar surface area (TPSA) is 79.3 Å². The number of fused-ring (bicyclic) bond motifs is 1. The van der Waals surface area contributed by atoms with E-state index in [1.54, 1.807) is 0 Å². The van der Waals surface area contributed by atoms with Gasteiger partial charge in [-0.15, -0.1) is 0 Å². The van der Waals surface area contributed by atoms with Crippen molar-refractivity contribution >= 4 is 16.6 Å². The zero-order valence-corrected chi connectivity index (χ0v) is 14.5. The van der Waals surface area contributed by atoms with Crippen molar-refractivity contribution in [3.8, 4) is 0 Å². The molecule has 0 unspecified atom stereocenters. The summed E-state index contributed by atoms with van der Waals surface area (Å²) >= 11 is 0. The van der Waals surface area contributed by atoms with E-state index in [0.29, 0.717) is 30.7 Å². The summed E-state index contributed by atoms with van der Waals surface area (Å²) in [5, 5.41) is 19.1. The molecule has 4 atom stereocenters. The largest absolute Gasteiger partial charge is 0.389 e. The van der Waals surface area contributed by atoms with Crippen LogP contribution in [-0.4, -0.2) is 53.5 Å². The molecule has 2 saturated heterocycles. The summed E-state index contributed by atoms with van der Waals surface area (Å²) in [6.45, 7) is 4.83. The highest BCUT2D eigenvalue weighted by Crippen LogP contribution is 2.33. The van der Waals surface area contributed by atoms with E-state index >= 15 is 0 Å². The average Bonchev–Trinajstić information content (AvgIpc) is 2.63. The maximum atomic E-state index is 10.2. The molecule has 6 nitrogen and oxygen atoms in total. The molecule has 0 bridgehead atoms. The summed E-state index contributed by atoms with van der Waals surface area (Å²) in [6.07, 6.45) is 3.71. The fourth-order valence-corrected chi connectivity index (χ4v) is 3.86. The summed E-state index contributed by atoms with van der Waals surface area (Å²) in [5.41, 5.74) is 1.12. The zero-order chi connectivity index (χ0) is 18.1. The SMILES string of the molecule is [2H][C@@]1(O)COCC[C@H]1Nc1cc2c([C@@H]3CCNC[C@H]3C)nccc2cn1. The molecule has 2 fully saturated rings. The van der Waals surface area contributed by atoms with Crippen LogP contribution < -0.4 is 10.6 Å². The molecule has 6 heteroatoms. The van der Waals surface area contributed by atoms with Crippen LogP contribution in [0.25, 0.3) is 10.8 Å². The Bertz CT molecular complexity index is 785. The number of piperidine rings is 1. The molecule has 0 radical (unpaired) electrons. The quantitative estimate of drug-likeness (QED) is 0.790. The molecule has 0 spiro atoms. The number of pyridine rings is 2. The Morgan fingerprint density at radius 1 is 1.40 bits per heavy atom. The first kappa shape index (κ1) is 15.5. The molecule has 0 amide bonds. The second kappa shape index (κ2) is 7.23. The fraction of sp³-hybridized carbons (Fsp3) is 0.579. The van der Waals surface area contributed by atoms with Gasteiger partial charge in [0.15, 0.2) is 0 Å². The first-order valence-corrected chi connectivity index (χ1v) is 9.06.